The van der Waals surface area contributed by atoms with Crippen LogP contribution in [0.5, 0.6) is 0 Å². The summed E-state index contributed by atoms with van der Waals surface area (Å²) in [6, 6.07) is 5.36. The number of hydrogen-bond acceptors (Lipinski definition) is 6. The zero-order chi connectivity index (χ0) is 21.7. The van der Waals surface area contributed by atoms with Crippen molar-refractivity contribution in [2.75, 3.05) is 13.1 Å². The minimum absolute atomic E-state index is 0.0504. The molecule has 31 heavy (non-hydrogen) atoms. The second-order valence-corrected chi connectivity index (χ2v) is 8.79. The highest BCUT2D eigenvalue weighted by Gasteiger charge is 2.39. The van der Waals surface area contributed by atoms with Crippen molar-refractivity contribution in [3.63, 3.8) is 0 Å². The van der Waals surface area contributed by atoms with E-state index in [2.05, 4.69) is 21.3 Å². The lowest BCUT2D eigenvalue weighted by atomic mass is 10.0. The van der Waals surface area contributed by atoms with Crippen molar-refractivity contribution in [2.45, 2.75) is 43.9 Å². The van der Waals surface area contributed by atoms with Crippen LogP contribution in [-0.2, 0) is 29.7 Å². The number of benzene rings is 1. The predicted octanol–water partition coefficient (Wildman–Crippen LogP) is 0.108. The Hall–Kier alpha value is -3.04. The molecule has 2 aromatic rings. The quantitative estimate of drug-likeness (QED) is 0.676. The topological polar surface area (TPSA) is 114 Å². The molecule has 4 heterocycles. The molecule has 0 bridgehead atoms. The molecule has 1 unspecified atom stereocenters. The lowest BCUT2D eigenvalue weighted by Crippen LogP contribution is -2.52. The van der Waals surface area contributed by atoms with Crippen molar-refractivity contribution in [3.8, 4) is 0 Å². The van der Waals surface area contributed by atoms with Gasteiger partial charge in [0.1, 0.15) is 6.04 Å². The number of amides is 3. The van der Waals surface area contributed by atoms with Crippen LogP contribution in [0.3, 0.4) is 0 Å². The Morgan fingerprint density at radius 1 is 1.23 bits per heavy atom. The average Bonchev–Trinajstić information content (AvgIpc) is 3.39. The summed E-state index contributed by atoms with van der Waals surface area (Å²) in [4.78, 5) is 44.6. The van der Waals surface area contributed by atoms with E-state index in [9.17, 15) is 14.4 Å². The number of likely N-dealkylation sites (tertiary alicyclic amines) is 1. The van der Waals surface area contributed by atoms with Crippen molar-refractivity contribution in [1.29, 1.82) is 0 Å². The number of nitrogens with zero attached hydrogens (tertiary/aromatic N) is 4. The van der Waals surface area contributed by atoms with Gasteiger partial charge in [-0.05, 0) is 23.6 Å². The predicted molar refractivity (Wildman–Crippen MR) is 112 cm³/mol. The minimum Gasteiger partial charge on any atom is -0.337 e. The van der Waals surface area contributed by atoms with Crippen molar-refractivity contribution >= 4 is 17.7 Å². The Kier molecular flexibility index (Phi) is 4.86. The van der Waals surface area contributed by atoms with Gasteiger partial charge in [-0.25, -0.2) is 4.98 Å². The lowest BCUT2D eigenvalue weighted by Gasteiger charge is -2.29. The number of imide groups is 1. The highest BCUT2D eigenvalue weighted by atomic mass is 16.2. The molecule has 162 valence electrons. The van der Waals surface area contributed by atoms with Gasteiger partial charge in [-0.1, -0.05) is 12.1 Å². The molecule has 5 rings (SSSR count). The molecule has 9 nitrogen and oxygen atoms in total. The van der Waals surface area contributed by atoms with E-state index in [-0.39, 0.29) is 36.1 Å². The molecule has 0 aliphatic carbocycles. The second kappa shape index (κ2) is 7.58. The molecular formula is C22H26N6O3. The monoisotopic (exact) mass is 422 g/mol. The summed E-state index contributed by atoms with van der Waals surface area (Å²) < 4.78 is 2.03. The maximum Gasteiger partial charge on any atom is 0.255 e. The fourth-order valence-corrected chi connectivity index (χ4v) is 5.06. The number of piperidine rings is 1. The number of hydrogen-bond donors (Lipinski definition) is 2. The van der Waals surface area contributed by atoms with Crippen LogP contribution in [0.2, 0.25) is 0 Å². The van der Waals surface area contributed by atoms with Crippen molar-refractivity contribution in [3.05, 3.63) is 53.1 Å². The largest absolute Gasteiger partial charge is 0.337 e. The lowest BCUT2D eigenvalue weighted by molar-refractivity contribution is -0.136. The molecule has 1 aromatic heterocycles. The summed E-state index contributed by atoms with van der Waals surface area (Å²) >= 11 is 0. The number of nitrogens with one attached hydrogen (secondary N) is 1. The smallest absolute Gasteiger partial charge is 0.255 e. The summed E-state index contributed by atoms with van der Waals surface area (Å²) in [6.45, 7) is 2.81. The van der Waals surface area contributed by atoms with Crippen LogP contribution in [0.15, 0.2) is 30.7 Å². The van der Waals surface area contributed by atoms with Gasteiger partial charge in [0.05, 0.1) is 6.33 Å². The molecule has 0 spiro atoms. The van der Waals surface area contributed by atoms with Crippen molar-refractivity contribution in [2.24, 2.45) is 12.8 Å². The normalized spacial score (nSPS) is 26.5. The molecule has 3 aliphatic heterocycles. The second-order valence-electron chi connectivity index (χ2n) is 8.79. The van der Waals surface area contributed by atoms with Crippen LogP contribution in [0.25, 0.3) is 0 Å². The van der Waals surface area contributed by atoms with Crippen LogP contribution in [0.1, 0.15) is 45.9 Å². The SMILES string of the molecule is Cn1cncc1[C@@H]1CN(Cc2ccc3c(c2)CN(C2CCC(=O)NC2=O)C3=O)C[C@H]1N. The van der Waals surface area contributed by atoms with Crippen LogP contribution < -0.4 is 11.1 Å². The van der Waals surface area contributed by atoms with Crippen molar-refractivity contribution in [1.82, 2.24) is 24.7 Å². The number of aromatic nitrogens is 2. The number of carbonyl (C=O) groups excluding carboxylic acids is 3. The Morgan fingerprint density at radius 2 is 2.06 bits per heavy atom. The number of imidazole rings is 1. The third-order valence-electron chi connectivity index (χ3n) is 6.67. The van der Waals surface area contributed by atoms with Crippen LogP contribution in [-0.4, -0.2) is 62.2 Å². The van der Waals surface area contributed by atoms with E-state index in [0.29, 0.717) is 18.5 Å². The Bertz CT molecular complexity index is 1060. The molecule has 0 saturated carbocycles. The third kappa shape index (κ3) is 3.53. The molecule has 1 aromatic carbocycles. The first-order valence-corrected chi connectivity index (χ1v) is 10.6. The molecule has 3 N–H and O–H groups in total. The van der Waals surface area contributed by atoms with E-state index in [1.807, 2.05) is 29.9 Å². The Balaban J connectivity index is 1.28. The third-order valence-corrected chi connectivity index (χ3v) is 6.67. The van der Waals surface area contributed by atoms with Gasteiger partial charge in [0.25, 0.3) is 5.91 Å². The molecule has 3 amide bonds. The van der Waals surface area contributed by atoms with Crippen LogP contribution >= 0.6 is 0 Å². The Morgan fingerprint density at radius 3 is 2.81 bits per heavy atom. The van der Waals surface area contributed by atoms with Gasteiger partial charge in [-0.2, -0.15) is 0 Å². The fraction of sp³-hybridized carbons (Fsp3) is 0.455. The van der Waals surface area contributed by atoms with Gasteiger partial charge in [0, 0.05) is 69.1 Å². The number of fused-ring (bicyclic) bond motifs is 1. The molecule has 2 fully saturated rings. The van der Waals surface area contributed by atoms with Gasteiger partial charge in [-0.15, -0.1) is 0 Å². The standard InChI is InChI=1S/C22H26N6O3/c1-26-12-24-7-19(26)16-10-27(11-17(16)23)8-13-2-3-15-14(6-13)9-28(22(15)31)18-4-5-20(29)25-21(18)30/h2-3,6-7,12,16-18H,4-5,8-11,23H2,1H3,(H,25,29,30)/t16-,17-,18?/m1/s1. The van der Waals surface area contributed by atoms with E-state index < -0.39 is 6.04 Å². The van der Waals surface area contributed by atoms with Gasteiger partial charge < -0.3 is 15.2 Å². The number of nitrogens with two attached hydrogens (primary N) is 1. The van der Waals surface area contributed by atoms with E-state index in [0.717, 1.165) is 36.5 Å². The zero-order valence-corrected chi connectivity index (χ0v) is 17.5. The molecule has 3 atom stereocenters. The zero-order valence-electron chi connectivity index (χ0n) is 17.5. The maximum absolute atomic E-state index is 12.9. The van der Waals surface area contributed by atoms with Crippen molar-refractivity contribution < 1.29 is 14.4 Å². The summed E-state index contributed by atoms with van der Waals surface area (Å²) in [5, 5.41) is 2.34. The summed E-state index contributed by atoms with van der Waals surface area (Å²) in [6.07, 6.45) is 4.32. The summed E-state index contributed by atoms with van der Waals surface area (Å²) in [7, 11) is 1.99. The molecule has 2 saturated heterocycles. The molecule has 3 aliphatic rings. The average molecular weight is 422 g/mol. The first kappa shape index (κ1) is 19.9. The molecule has 0 radical (unpaired) electrons. The first-order valence-electron chi connectivity index (χ1n) is 10.6. The van der Waals surface area contributed by atoms with Gasteiger partial charge in [0.15, 0.2) is 0 Å². The fourth-order valence-electron chi connectivity index (χ4n) is 5.06. The van der Waals surface area contributed by atoms with E-state index in [4.69, 9.17) is 5.73 Å². The molecular weight excluding hydrogens is 396 g/mol. The maximum atomic E-state index is 12.9. The van der Waals surface area contributed by atoms with Gasteiger partial charge in [-0.3, -0.25) is 24.6 Å². The van der Waals surface area contributed by atoms with E-state index in [1.165, 1.54) is 0 Å². The highest BCUT2D eigenvalue weighted by molar-refractivity contribution is 6.05. The Labute approximate surface area is 180 Å². The van der Waals surface area contributed by atoms with Crippen LogP contribution in [0, 0.1) is 0 Å². The number of aryl methyl sites for hydroxylation is 1. The first-order chi connectivity index (χ1) is 14.9. The van der Waals surface area contributed by atoms with E-state index in [1.54, 1.807) is 11.2 Å². The van der Waals surface area contributed by atoms with Gasteiger partial charge >= 0.3 is 0 Å². The minimum atomic E-state index is -0.586. The molecule has 9 heteroatoms. The van der Waals surface area contributed by atoms with E-state index >= 15 is 0 Å². The summed E-state index contributed by atoms with van der Waals surface area (Å²) in [5.74, 6) is -0.562. The van der Waals surface area contributed by atoms with Crippen LogP contribution in [0.4, 0.5) is 0 Å². The number of carbonyl (C=O) groups is 3. The van der Waals surface area contributed by atoms with Gasteiger partial charge in [0.2, 0.25) is 11.8 Å². The number of rotatable bonds is 4. The highest BCUT2D eigenvalue weighted by Crippen LogP contribution is 2.30. The summed E-state index contributed by atoms with van der Waals surface area (Å²) in [5.41, 5.74) is 10.3.